The quantitative estimate of drug-likeness (QED) is 0.601. The fourth-order valence-electron chi connectivity index (χ4n) is 2.96. The van der Waals surface area contributed by atoms with Crippen molar-refractivity contribution in [3.05, 3.63) is 65.0 Å². The van der Waals surface area contributed by atoms with Crippen LogP contribution in [0, 0.1) is 5.82 Å². The Balaban J connectivity index is 1.72. The zero-order chi connectivity index (χ0) is 17.7. The van der Waals surface area contributed by atoms with Crippen LogP contribution in [-0.2, 0) is 0 Å². The summed E-state index contributed by atoms with van der Waals surface area (Å²) in [6.45, 7) is 0.167. The van der Waals surface area contributed by atoms with Crippen molar-refractivity contribution in [1.29, 1.82) is 0 Å². The Morgan fingerprint density at radius 2 is 2.04 bits per heavy atom. The molecule has 4 aromatic rings. The molecular weight excluding hydrogens is 339 g/mol. The molecule has 8 heteroatoms. The molecule has 0 spiro atoms. The van der Waals surface area contributed by atoms with Crippen LogP contribution < -0.4 is 15.0 Å². The van der Waals surface area contributed by atoms with Crippen LogP contribution >= 0.6 is 0 Å². The summed E-state index contributed by atoms with van der Waals surface area (Å²) in [7, 11) is 0. The molecule has 26 heavy (non-hydrogen) atoms. The monoisotopic (exact) mass is 350 g/mol. The van der Waals surface area contributed by atoms with E-state index in [-0.39, 0.29) is 18.0 Å². The van der Waals surface area contributed by atoms with Crippen LogP contribution in [0.5, 0.6) is 11.5 Å². The molecule has 3 aromatic heterocycles. The first-order valence-corrected chi connectivity index (χ1v) is 7.83. The number of hydrogen-bond acceptors (Lipinski definition) is 5. The largest absolute Gasteiger partial charge is 0.454 e. The van der Waals surface area contributed by atoms with Crippen molar-refractivity contribution in [2.45, 2.75) is 0 Å². The van der Waals surface area contributed by atoms with Crippen molar-refractivity contribution in [3.8, 4) is 34.0 Å². The van der Waals surface area contributed by atoms with Gasteiger partial charge in [-0.1, -0.05) is 0 Å². The number of aromatic nitrogens is 4. The normalized spacial score (nSPS) is 12.7. The van der Waals surface area contributed by atoms with E-state index in [4.69, 9.17) is 9.47 Å². The molecule has 1 N–H and O–H groups in total. The number of fused-ring (bicyclic) bond motifs is 2. The van der Waals surface area contributed by atoms with Crippen LogP contribution in [0.4, 0.5) is 4.39 Å². The van der Waals surface area contributed by atoms with Gasteiger partial charge in [-0.15, -0.1) is 0 Å². The highest BCUT2D eigenvalue weighted by molar-refractivity contribution is 5.77. The topological polar surface area (TPSA) is 81.5 Å². The van der Waals surface area contributed by atoms with E-state index < -0.39 is 5.82 Å². The molecule has 0 radical (unpaired) electrons. The van der Waals surface area contributed by atoms with E-state index in [9.17, 15) is 9.18 Å². The van der Waals surface area contributed by atoms with Gasteiger partial charge in [-0.2, -0.15) is 9.61 Å². The van der Waals surface area contributed by atoms with Gasteiger partial charge in [0.1, 0.15) is 17.2 Å². The molecule has 4 heterocycles. The number of nitrogens with one attached hydrogen (secondary N) is 1. The highest BCUT2D eigenvalue weighted by Crippen LogP contribution is 2.35. The van der Waals surface area contributed by atoms with E-state index in [1.54, 1.807) is 12.1 Å². The predicted molar refractivity (Wildman–Crippen MR) is 90.6 cm³/mol. The van der Waals surface area contributed by atoms with E-state index in [0.717, 1.165) is 5.56 Å². The lowest BCUT2D eigenvalue weighted by atomic mass is 10.1. The summed E-state index contributed by atoms with van der Waals surface area (Å²) >= 11 is 0. The number of pyridine rings is 1. The number of halogens is 1. The molecule has 0 saturated heterocycles. The zero-order valence-electron chi connectivity index (χ0n) is 13.3. The first-order valence-electron chi connectivity index (χ1n) is 7.83. The molecule has 0 unspecified atom stereocenters. The molecule has 0 fully saturated rings. The van der Waals surface area contributed by atoms with Gasteiger partial charge in [-0.25, -0.2) is 4.39 Å². The van der Waals surface area contributed by atoms with Gasteiger partial charge in [0.05, 0.1) is 17.5 Å². The van der Waals surface area contributed by atoms with Crippen LogP contribution in [0.3, 0.4) is 0 Å². The Hall–Kier alpha value is -3.68. The van der Waals surface area contributed by atoms with Crippen LogP contribution in [0.25, 0.3) is 28.2 Å². The fourth-order valence-corrected chi connectivity index (χ4v) is 2.96. The average Bonchev–Trinajstić information content (AvgIpc) is 3.28. The smallest absolute Gasteiger partial charge is 0.274 e. The van der Waals surface area contributed by atoms with Crippen molar-refractivity contribution in [3.63, 3.8) is 0 Å². The lowest BCUT2D eigenvalue weighted by molar-refractivity contribution is 0.174. The van der Waals surface area contributed by atoms with Gasteiger partial charge in [0.15, 0.2) is 11.5 Å². The highest BCUT2D eigenvalue weighted by atomic mass is 19.1. The van der Waals surface area contributed by atoms with Crippen LogP contribution in [0.2, 0.25) is 0 Å². The summed E-state index contributed by atoms with van der Waals surface area (Å²) in [5, 5.41) is 4.05. The predicted octanol–water partition coefficient (Wildman–Crippen LogP) is 2.62. The van der Waals surface area contributed by atoms with Gasteiger partial charge in [0, 0.05) is 17.8 Å². The number of hydrogen-bond donors (Lipinski definition) is 1. The van der Waals surface area contributed by atoms with Gasteiger partial charge in [-0.05, 0) is 30.3 Å². The van der Waals surface area contributed by atoms with Gasteiger partial charge >= 0.3 is 0 Å². The molecule has 128 valence electrons. The number of rotatable bonds is 2. The standard InChI is InChI=1S/C18H11FN4O3/c19-12-2-1-5-20-17(12)11-8-21-23-16(24)7-13(22-18(11)23)10-3-4-14-15(6-10)26-9-25-14/h1-8,22H,9H2. The average molecular weight is 350 g/mol. The summed E-state index contributed by atoms with van der Waals surface area (Å²) in [6.07, 6.45) is 2.91. The Kier molecular flexibility index (Phi) is 3.05. The van der Waals surface area contributed by atoms with Gasteiger partial charge in [-0.3, -0.25) is 9.78 Å². The van der Waals surface area contributed by atoms with Crippen molar-refractivity contribution in [2.75, 3.05) is 6.79 Å². The van der Waals surface area contributed by atoms with E-state index in [0.29, 0.717) is 28.4 Å². The minimum atomic E-state index is -0.489. The van der Waals surface area contributed by atoms with Gasteiger partial charge < -0.3 is 14.5 Å². The third-order valence-corrected chi connectivity index (χ3v) is 4.20. The first-order chi connectivity index (χ1) is 12.7. The Labute approximate surface area is 145 Å². The van der Waals surface area contributed by atoms with Crippen molar-refractivity contribution in [1.82, 2.24) is 19.6 Å². The minimum absolute atomic E-state index is 0.126. The summed E-state index contributed by atoms with van der Waals surface area (Å²) in [5.74, 6) is 0.766. The number of nitrogens with zero attached hydrogens (tertiary/aromatic N) is 3. The lowest BCUT2D eigenvalue weighted by Gasteiger charge is -2.06. The van der Waals surface area contributed by atoms with Crippen molar-refractivity contribution < 1.29 is 13.9 Å². The first kappa shape index (κ1) is 14.6. The molecule has 0 aliphatic carbocycles. The molecular formula is C18H11FN4O3. The molecule has 1 aliphatic rings. The second-order valence-corrected chi connectivity index (χ2v) is 5.74. The Bertz CT molecular complexity index is 1210. The molecule has 0 bridgehead atoms. The third-order valence-electron chi connectivity index (χ3n) is 4.20. The van der Waals surface area contributed by atoms with Crippen molar-refractivity contribution in [2.24, 2.45) is 0 Å². The maximum atomic E-state index is 14.1. The maximum absolute atomic E-state index is 14.1. The summed E-state index contributed by atoms with van der Waals surface area (Å²) in [5.41, 5.74) is 1.85. The molecule has 5 rings (SSSR count). The molecule has 1 aliphatic heterocycles. The second-order valence-electron chi connectivity index (χ2n) is 5.74. The van der Waals surface area contributed by atoms with E-state index >= 15 is 0 Å². The maximum Gasteiger partial charge on any atom is 0.274 e. The molecule has 0 amide bonds. The van der Waals surface area contributed by atoms with Crippen LogP contribution in [0.1, 0.15) is 0 Å². The minimum Gasteiger partial charge on any atom is -0.454 e. The molecule has 0 atom stereocenters. The Morgan fingerprint density at radius 3 is 2.92 bits per heavy atom. The highest BCUT2D eigenvalue weighted by Gasteiger charge is 2.17. The Morgan fingerprint density at radius 1 is 1.15 bits per heavy atom. The van der Waals surface area contributed by atoms with E-state index in [1.165, 1.54) is 35.1 Å². The molecule has 1 aromatic carbocycles. The van der Waals surface area contributed by atoms with Crippen LogP contribution in [-0.4, -0.2) is 26.4 Å². The zero-order valence-corrected chi connectivity index (χ0v) is 13.3. The lowest BCUT2D eigenvalue weighted by Crippen LogP contribution is -2.14. The van der Waals surface area contributed by atoms with E-state index in [1.807, 2.05) is 6.07 Å². The summed E-state index contributed by atoms with van der Waals surface area (Å²) in [4.78, 5) is 19.7. The second kappa shape index (κ2) is 5.41. The SMILES string of the molecule is O=c1cc(-c2ccc3c(c2)OCO3)[nH]c2c(-c3ncccc3F)cnn12. The summed E-state index contributed by atoms with van der Waals surface area (Å²) < 4.78 is 26.0. The van der Waals surface area contributed by atoms with Crippen molar-refractivity contribution >= 4 is 5.65 Å². The molecule has 7 nitrogen and oxygen atoms in total. The number of ether oxygens (including phenoxy) is 2. The van der Waals surface area contributed by atoms with Gasteiger partial charge in [0.25, 0.3) is 5.56 Å². The number of benzene rings is 1. The third kappa shape index (κ3) is 2.16. The summed E-state index contributed by atoms with van der Waals surface area (Å²) in [6, 6.07) is 9.61. The van der Waals surface area contributed by atoms with Crippen LogP contribution in [0.15, 0.2) is 53.6 Å². The number of H-pyrrole nitrogens is 1. The van der Waals surface area contributed by atoms with Gasteiger partial charge in [0.2, 0.25) is 6.79 Å². The molecule has 0 saturated carbocycles. The fraction of sp³-hybridized carbons (Fsp3) is 0.0556. The van der Waals surface area contributed by atoms with E-state index in [2.05, 4.69) is 15.1 Å². The number of aromatic amines is 1.